The van der Waals surface area contributed by atoms with E-state index in [-0.39, 0.29) is 18.1 Å². The Bertz CT molecular complexity index is 492. The van der Waals surface area contributed by atoms with Gasteiger partial charge in [0.1, 0.15) is 18.5 Å². The van der Waals surface area contributed by atoms with Crippen molar-refractivity contribution in [2.24, 2.45) is 0 Å². The van der Waals surface area contributed by atoms with Gasteiger partial charge >= 0.3 is 0 Å². The molecule has 1 aliphatic rings. The monoisotopic (exact) mass is 333 g/mol. The molecule has 1 aromatic carbocycles. The highest BCUT2D eigenvalue weighted by Gasteiger charge is 2.23. The van der Waals surface area contributed by atoms with Crippen LogP contribution in [0.1, 0.15) is 64.4 Å². The second kappa shape index (κ2) is 9.67. The van der Waals surface area contributed by atoms with Gasteiger partial charge in [-0.2, -0.15) is 0 Å². The Balaban J connectivity index is 1.67. The van der Waals surface area contributed by atoms with E-state index in [1.807, 2.05) is 19.1 Å². The number of rotatable bonds is 9. The van der Waals surface area contributed by atoms with E-state index in [1.165, 1.54) is 18.4 Å². The molecular formula is C20H31NO3. The van der Waals surface area contributed by atoms with Crippen molar-refractivity contribution in [3.8, 4) is 5.75 Å². The number of nitrogens with one attached hydrogen (secondary N) is 1. The molecule has 0 saturated heterocycles. The van der Waals surface area contributed by atoms with Crippen LogP contribution in [0.25, 0.3) is 0 Å². The summed E-state index contributed by atoms with van der Waals surface area (Å²) in [5, 5.41) is 2.92. The number of hydrogen-bond acceptors (Lipinski definition) is 3. The topological polar surface area (TPSA) is 47.6 Å². The largest absolute Gasteiger partial charge is 0.492 e. The maximum Gasteiger partial charge on any atom is 0.249 e. The van der Waals surface area contributed by atoms with E-state index in [4.69, 9.17) is 9.47 Å². The van der Waals surface area contributed by atoms with E-state index < -0.39 is 0 Å². The summed E-state index contributed by atoms with van der Waals surface area (Å²) in [6, 6.07) is 8.13. The highest BCUT2D eigenvalue weighted by atomic mass is 16.5. The molecule has 0 aliphatic heterocycles. The Hall–Kier alpha value is -1.55. The Morgan fingerprint density at radius 2 is 1.88 bits per heavy atom. The Labute approximate surface area is 145 Å². The van der Waals surface area contributed by atoms with Gasteiger partial charge in [0.15, 0.2) is 0 Å². The molecule has 1 aliphatic carbocycles. The van der Waals surface area contributed by atoms with Crippen LogP contribution in [0.2, 0.25) is 0 Å². The smallest absolute Gasteiger partial charge is 0.249 e. The molecule has 1 amide bonds. The van der Waals surface area contributed by atoms with Crippen LogP contribution >= 0.6 is 0 Å². The van der Waals surface area contributed by atoms with Crippen LogP contribution in [-0.2, 0) is 9.53 Å². The summed E-state index contributed by atoms with van der Waals surface area (Å²) in [5.74, 6) is 1.33. The first-order valence-corrected chi connectivity index (χ1v) is 9.26. The van der Waals surface area contributed by atoms with Gasteiger partial charge in [-0.15, -0.1) is 0 Å². The number of benzene rings is 1. The summed E-state index contributed by atoms with van der Waals surface area (Å²) >= 11 is 0. The van der Waals surface area contributed by atoms with Crippen LogP contribution in [0.5, 0.6) is 5.75 Å². The molecule has 1 N–H and O–H groups in total. The maximum absolute atomic E-state index is 12.2. The van der Waals surface area contributed by atoms with Crippen LogP contribution in [0.15, 0.2) is 24.3 Å². The number of carbonyl (C=O) groups is 1. The molecule has 0 radical (unpaired) electrons. The quantitative estimate of drug-likeness (QED) is 0.694. The lowest BCUT2D eigenvalue weighted by atomic mass is 10.0. The summed E-state index contributed by atoms with van der Waals surface area (Å²) in [6.07, 6.45) is 5.23. The second-order valence-electron chi connectivity index (χ2n) is 6.80. The second-order valence-corrected chi connectivity index (χ2v) is 6.80. The third kappa shape index (κ3) is 5.82. The lowest BCUT2D eigenvalue weighted by molar-refractivity contribution is -0.136. The first-order valence-electron chi connectivity index (χ1n) is 9.26. The minimum atomic E-state index is -0.335. The van der Waals surface area contributed by atoms with Crippen LogP contribution in [0.3, 0.4) is 0 Å². The Morgan fingerprint density at radius 3 is 2.46 bits per heavy atom. The summed E-state index contributed by atoms with van der Waals surface area (Å²) in [4.78, 5) is 12.2. The SMILES string of the molecule is CCC(OC1CCCC1)C(=O)NCCOc1ccc(C(C)C)cc1. The molecule has 4 nitrogen and oxygen atoms in total. The fourth-order valence-electron chi connectivity index (χ4n) is 3.01. The molecule has 0 heterocycles. The van der Waals surface area contributed by atoms with Crippen molar-refractivity contribution in [2.75, 3.05) is 13.2 Å². The van der Waals surface area contributed by atoms with Gasteiger partial charge in [-0.3, -0.25) is 4.79 Å². The fraction of sp³-hybridized carbons (Fsp3) is 0.650. The highest BCUT2D eigenvalue weighted by molar-refractivity contribution is 5.80. The van der Waals surface area contributed by atoms with Crippen molar-refractivity contribution in [1.29, 1.82) is 0 Å². The van der Waals surface area contributed by atoms with Crippen LogP contribution in [0, 0.1) is 0 Å². The van der Waals surface area contributed by atoms with Gasteiger partial charge < -0.3 is 14.8 Å². The molecule has 1 aromatic rings. The van der Waals surface area contributed by atoms with Gasteiger partial charge in [-0.1, -0.05) is 45.7 Å². The van der Waals surface area contributed by atoms with Crippen molar-refractivity contribution in [2.45, 2.75) is 71.0 Å². The van der Waals surface area contributed by atoms with E-state index in [1.54, 1.807) is 0 Å². The molecule has 24 heavy (non-hydrogen) atoms. The lowest BCUT2D eigenvalue weighted by Gasteiger charge is -2.20. The first kappa shape index (κ1) is 18.8. The van der Waals surface area contributed by atoms with Crippen LogP contribution in [-0.4, -0.2) is 31.3 Å². The average Bonchev–Trinajstić information content (AvgIpc) is 3.10. The molecule has 1 saturated carbocycles. The van der Waals surface area contributed by atoms with E-state index in [0.717, 1.165) is 18.6 Å². The van der Waals surface area contributed by atoms with E-state index in [9.17, 15) is 4.79 Å². The van der Waals surface area contributed by atoms with Crippen molar-refractivity contribution in [3.63, 3.8) is 0 Å². The predicted molar refractivity (Wildman–Crippen MR) is 96.5 cm³/mol. The molecule has 0 spiro atoms. The lowest BCUT2D eigenvalue weighted by Crippen LogP contribution is -2.39. The molecule has 2 rings (SSSR count). The zero-order valence-corrected chi connectivity index (χ0v) is 15.2. The van der Waals surface area contributed by atoms with Crippen LogP contribution in [0.4, 0.5) is 0 Å². The highest BCUT2D eigenvalue weighted by Crippen LogP contribution is 2.23. The molecule has 1 unspecified atom stereocenters. The standard InChI is InChI=1S/C20H31NO3/c1-4-19(24-18-7-5-6-8-18)20(22)21-13-14-23-17-11-9-16(10-12-17)15(2)3/h9-12,15,18-19H,4-8,13-14H2,1-3H3,(H,21,22). The van der Waals surface area contributed by atoms with Crippen molar-refractivity contribution >= 4 is 5.91 Å². The molecule has 1 fully saturated rings. The Kier molecular flexibility index (Phi) is 7.57. The summed E-state index contributed by atoms with van der Waals surface area (Å²) in [6.45, 7) is 7.29. The van der Waals surface area contributed by atoms with E-state index in [0.29, 0.717) is 25.5 Å². The summed E-state index contributed by atoms with van der Waals surface area (Å²) < 4.78 is 11.6. The molecular weight excluding hydrogens is 302 g/mol. The summed E-state index contributed by atoms with van der Waals surface area (Å²) in [5.41, 5.74) is 1.30. The van der Waals surface area contributed by atoms with E-state index in [2.05, 4.69) is 31.3 Å². The van der Waals surface area contributed by atoms with Crippen molar-refractivity contribution < 1.29 is 14.3 Å². The van der Waals surface area contributed by atoms with E-state index >= 15 is 0 Å². The van der Waals surface area contributed by atoms with Gasteiger partial charge in [-0.25, -0.2) is 0 Å². The third-order valence-corrected chi connectivity index (χ3v) is 4.54. The number of amides is 1. The zero-order valence-electron chi connectivity index (χ0n) is 15.2. The number of carbonyl (C=O) groups excluding carboxylic acids is 1. The Morgan fingerprint density at radius 1 is 1.21 bits per heavy atom. The molecule has 0 aromatic heterocycles. The zero-order chi connectivity index (χ0) is 17.4. The summed E-state index contributed by atoms with van der Waals surface area (Å²) in [7, 11) is 0. The van der Waals surface area contributed by atoms with Crippen molar-refractivity contribution in [1.82, 2.24) is 5.32 Å². The minimum Gasteiger partial charge on any atom is -0.492 e. The fourth-order valence-corrected chi connectivity index (χ4v) is 3.01. The van der Waals surface area contributed by atoms with Crippen LogP contribution < -0.4 is 10.1 Å². The van der Waals surface area contributed by atoms with Gasteiger partial charge in [0.2, 0.25) is 5.91 Å². The number of hydrogen-bond donors (Lipinski definition) is 1. The van der Waals surface area contributed by atoms with Crippen molar-refractivity contribution in [3.05, 3.63) is 29.8 Å². The normalized spacial score (nSPS) is 16.3. The van der Waals surface area contributed by atoms with Gasteiger partial charge in [0.25, 0.3) is 0 Å². The molecule has 134 valence electrons. The van der Waals surface area contributed by atoms with Gasteiger partial charge in [0, 0.05) is 0 Å². The average molecular weight is 333 g/mol. The maximum atomic E-state index is 12.2. The minimum absolute atomic E-state index is 0.0249. The predicted octanol–water partition coefficient (Wildman–Crippen LogP) is 4.04. The van der Waals surface area contributed by atoms with Gasteiger partial charge in [-0.05, 0) is 42.9 Å². The molecule has 0 bridgehead atoms. The molecule has 4 heteroatoms. The number of ether oxygens (including phenoxy) is 2. The first-order chi connectivity index (χ1) is 11.6. The third-order valence-electron chi connectivity index (χ3n) is 4.54. The van der Waals surface area contributed by atoms with Gasteiger partial charge in [0.05, 0.1) is 12.6 Å². The molecule has 1 atom stereocenters.